The van der Waals surface area contributed by atoms with E-state index in [1.165, 1.54) is 116 Å². The van der Waals surface area contributed by atoms with E-state index < -0.39 is 32.5 Å². The van der Waals surface area contributed by atoms with Gasteiger partial charge in [-0.2, -0.15) is 0 Å². The van der Waals surface area contributed by atoms with Crippen molar-refractivity contribution in [3.8, 4) is 0 Å². The van der Waals surface area contributed by atoms with Gasteiger partial charge in [0.25, 0.3) is 0 Å². The molecule has 1 N–H and O–H groups in total. The molecule has 0 radical (unpaired) electrons. The molecule has 10 heteroatoms. The quantitative estimate of drug-likeness (QED) is 0.0211. The number of nitrogens with zero attached hydrogens (tertiary/aromatic N) is 1. The van der Waals surface area contributed by atoms with Crippen molar-refractivity contribution in [2.75, 3.05) is 47.5 Å². The third-order valence-corrected chi connectivity index (χ3v) is 11.7. The fourth-order valence-corrected chi connectivity index (χ4v) is 7.42. The average molecular weight is 919 g/mol. The molecule has 0 aromatic carbocycles. The van der Waals surface area contributed by atoms with Crippen molar-refractivity contribution in [3.63, 3.8) is 0 Å². The summed E-state index contributed by atoms with van der Waals surface area (Å²) < 4.78 is 34.3. The lowest BCUT2D eigenvalue weighted by atomic mass is 10.0. The van der Waals surface area contributed by atoms with Crippen molar-refractivity contribution >= 4 is 19.8 Å². The van der Waals surface area contributed by atoms with Gasteiger partial charge in [-0.25, -0.2) is 4.57 Å². The van der Waals surface area contributed by atoms with Gasteiger partial charge >= 0.3 is 19.8 Å². The minimum absolute atomic E-state index is 0.0128. The molecule has 9 nitrogen and oxygen atoms in total. The molecule has 0 aliphatic carbocycles. The molecule has 0 amide bonds. The first-order valence-electron chi connectivity index (χ1n) is 25.7. The minimum atomic E-state index is -4.41. The van der Waals surface area contributed by atoms with Gasteiger partial charge < -0.3 is 18.9 Å². The highest BCUT2D eigenvalue weighted by molar-refractivity contribution is 7.47. The van der Waals surface area contributed by atoms with E-state index in [9.17, 15) is 19.0 Å². The molecule has 0 bridgehead atoms. The van der Waals surface area contributed by atoms with E-state index >= 15 is 0 Å². The molecular weight excluding hydrogens is 822 g/mol. The molecule has 2 atom stereocenters. The molecule has 370 valence electrons. The maximum Gasteiger partial charge on any atom is 0.472 e. The second-order valence-corrected chi connectivity index (χ2v) is 19.6. The lowest BCUT2D eigenvalue weighted by Crippen LogP contribution is -2.37. The molecule has 1 unspecified atom stereocenters. The Labute approximate surface area is 393 Å². The summed E-state index contributed by atoms with van der Waals surface area (Å²) in [7, 11) is 1.42. The summed E-state index contributed by atoms with van der Waals surface area (Å²) in [5.41, 5.74) is 0. The topological polar surface area (TPSA) is 108 Å². The monoisotopic (exact) mass is 919 g/mol. The van der Waals surface area contributed by atoms with Crippen LogP contribution in [0.15, 0.2) is 72.9 Å². The number of carbonyl (C=O) groups is 2. The number of phosphoric ester groups is 1. The van der Waals surface area contributed by atoms with Crippen LogP contribution in [-0.4, -0.2) is 74.9 Å². The van der Waals surface area contributed by atoms with Gasteiger partial charge in [-0.15, -0.1) is 0 Å². The van der Waals surface area contributed by atoms with Crippen molar-refractivity contribution in [1.82, 2.24) is 0 Å². The summed E-state index contributed by atoms with van der Waals surface area (Å²) >= 11 is 0. The Balaban J connectivity index is 4.37. The fraction of sp³-hybridized carbons (Fsp3) is 0.741. The zero-order chi connectivity index (χ0) is 47.1. The number of esters is 2. The van der Waals surface area contributed by atoms with Gasteiger partial charge in [0.1, 0.15) is 19.8 Å². The first-order valence-corrected chi connectivity index (χ1v) is 27.2. The molecule has 0 saturated heterocycles. The zero-order valence-corrected chi connectivity index (χ0v) is 42.6. The van der Waals surface area contributed by atoms with E-state index in [-0.39, 0.29) is 26.1 Å². The molecule has 0 aromatic heterocycles. The molecule has 0 aromatic rings. The number of carbonyl (C=O) groups excluding carboxylic acids is 2. The van der Waals surface area contributed by atoms with E-state index in [1.54, 1.807) is 0 Å². The van der Waals surface area contributed by atoms with Gasteiger partial charge in [0.15, 0.2) is 6.10 Å². The fourth-order valence-electron chi connectivity index (χ4n) is 6.67. The number of rotatable bonds is 46. The van der Waals surface area contributed by atoms with Crippen molar-refractivity contribution in [2.45, 2.75) is 213 Å². The first-order chi connectivity index (χ1) is 31.0. The number of hydrogen-bond acceptors (Lipinski definition) is 7. The summed E-state index contributed by atoms with van der Waals surface area (Å²) in [5.74, 6) is -0.915. The summed E-state index contributed by atoms with van der Waals surface area (Å²) in [6, 6.07) is 0. The number of hydrogen-bond donors (Lipinski definition) is 1. The van der Waals surface area contributed by atoms with E-state index in [4.69, 9.17) is 18.5 Å². The van der Waals surface area contributed by atoms with Crippen molar-refractivity contribution in [1.29, 1.82) is 0 Å². The Morgan fingerprint density at radius 3 is 1.34 bits per heavy atom. The predicted molar refractivity (Wildman–Crippen MR) is 270 cm³/mol. The predicted octanol–water partition coefficient (Wildman–Crippen LogP) is 15.4. The lowest BCUT2D eigenvalue weighted by Gasteiger charge is -2.24. The van der Waals surface area contributed by atoms with Crippen molar-refractivity contribution < 1.29 is 42.1 Å². The van der Waals surface area contributed by atoms with Gasteiger partial charge in [0, 0.05) is 12.8 Å². The Morgan fingerprint density at radius 1 is 0.484 bits per heavy atom. The maximum absolute atomic E-state index is 12.7. The van der Waals surface area contributed by atoms with Gasteiger partial charge in [-0.3, -0.25) is 18.6 Å². The summed E-state index contributed by atoms with van der Waals surface area (Å²) in [4.78, 5) is 35.5. The van der Waals surface area contributed by atoms with Crippen LogP contribution in [0.5, 0.6) is 0 Å². The van der Waals surface area contributed by atoms with Crippen LogP contribution in [0.4, 0.5) is 0 Å². The third kappa shape index (κ3) is 48.9. The number of likely N-dealkylation sites (N-methyl/N-ethyl adjacent to an activating group) is 1. The Bertz CT molecular complexity index is 1310. The van der Waals surface area contributed by atoms with Crippen molar-refractivity contribution in [3.05, 3.63) is 72.9 Å². The second kappa shape index (κ2) is 45.6. The number of phosphoric acid groups is 1. The molecule has 0 fully saturated rings. The van der Waals surface area contributed by atoms with Crippen LogP contribution in [0.1, 0.15) is 206 Å². The van der Waals surface area contributed by atoms with Crippen LogP contribution in [0.25, 0.3) is 0 Å². The minimum Gasteiger partial charge on any atom is -0.462 e. The highest BCUT2D eigenvalue weighted by atomic mass is 31.2. The van der Waals surface area contributed by atoms with Gasteiger partial charge in [0.05, 0.1) is 27.7 Å². The Morgan fingerprint density at radius 2 is 0.859 bits per heavy atom. The van der Waals surface area contributed by atoms with E-state index in [0.717, 1.165) is 44.9 Å². The Kier molecular flexibility index (Phi) is 43.8. The van der Waals surface area contributed by atoms with E-state index in [0.29, 0.717) is 30.3 Å². The average Bonchev–Trinajstić information content (AvgIpc) is 3.25. The molecule has 0 spiro atoms. The standard InChI is InChI=1S/C54H96NO8P/c1-6-8-10-12-14-16-18-20-22-24-25-26-27-28-29-31-32-34-36-38-40-42-44-46-53(56)60-50-52(51-62-64(58,59)61-49-48-55(3,4)5)63-54(57)47-45-43-41-39-37-35-33-30-23-21-19-17-15-13-11-9-7-2/h15,17,21,23,31-33,35,38-41,52H,6-14,16,18-20,22,24-30,34,36-37,42-51H2,1-5H3/p+1/b17-15+,23-21+,32-31+,35-33+,40-38+,41-39+/t52-/m0/s1. The molecule has 0 aliphatic rings. The molecule has 64 heavy (non-hydrogen) atoms. The van der Waals surface area contributed by atoms with Crippen LogP contribution in [0.3, 0.4) is 0 Å². The van der Waals surface area contributed by atoms with Gasteiger partial charge in [-0.1, -0.05) is 183 Å². The van der Waals surface area contributed by atoms with Crippen LogP contribution < -0.4 is 0 Å². The maximum atomic E-state index is 12.7. The number of quaternary nitrogens is 1. The van der Waals surface area contributed by atoms with Gasteiger partial charge in [-0.05, 0) is 83.5 Å². The third-order valence-electron chi connectivity index (χ3n) is 10.7. The molecule has 0 aliphatic heterocycles. The summed E-state index contributed by atoms with van der Waals surface area (Å²) in [5, 5.41) is 0. The molecule has 0 heterocycles. The molecular formula is C54H97NO8P+. The lowest BCUT2D eigenvalue weighted by molar-refractivity contribution is -0.870. The van der Waals surface area contributed by atoms with Crippen LogP contribution in [0, 0.1) is 0 Å². The van der Waals surface area contributed by atoms with Crippen molar-refractivity contribution in [2.24, 2.45) is 0 Å². The summed E-state index contributed by atoms with van der Waals surface area (Å²) in [6.45, 7) is 4.30. The Hall–Kier alpha value is -2.55. The van der Waals surface area contributed by atoms with Crippen LogP contribution in [0.2, 0.25) is 0 Å². The highest BCUT2D eigenvalue weighted by Crippen LogP contribution is 2.43. The highest BCUT2D eigenvalue weighted by Gasteiger charge is 2.27. The van der Waals surface area contributed by atoms with Crippen LogP contribution >= 0.6 is 7.82 Å². The SMILES string of the molecule is CCCCC/C=C/C/C=C/C/C=C/C/C=C/CCCC(=O)O[C@@H](COC(=O)CCC/C=C/CC/C=C/CCCCCCCCCCCCCCCC)COP(=O)(O)OCC[N+](C)(C)C. The van der Waals surface area contributed by atoms with Crippen LogP contribution in [-0.2, 0) is 32.7 Å². The number of ether oxygens (including phenoxy) is 2. The second-order valence-electron chi connectivity index (χ2n) is 18.2. The number of unbranched alkanes of at least 4 members (excludes halogenated alkanes) is 20. The first kappa shape index (κ1) is 61.5. The zero-order valence-electron chi connectivity index (χ0n) is 41.7. The van der Waals surface area contributed by atoms with E-state index in [1.807, 2.05) is 27.2 Å². The summed E-state index contributed by atoms with van der Waals surface area (Å²) in [6.07, 6.45) is 58.4. The molecule has 0 saturated carbocycles. The molecule has 0 rings (SSSR count). The number of allylic oxidation sites excluding steroid dienone is 12. The van der Waals surface area contributed by atoms with Gasteiger partial charge in [0.2, 0.25) is 0 Å². The normalized spacial score (nSPS) is 14.0. The largest absolute Gasteiger partial charge is 0.472 e. The van der Waals surface area contributed by atoms with E-state index in [2.05, 4.69) is 80.7 Å². The smallest absolute Gasteiger partial charge is 0.462 e.